The minimum Gasteiger partial charge on any atom is -0.323 e. The van der Waals surface area contributed by atoms with Gasteiger partial charge in [-0.25, -0.2) is 9.97 Å². The highest BCUT2D eigenvalue weighted by Gasteiger charge is 2.17. The van der Waals surface area contributed by atoms with Crippen molar-refractivity contribution in [3.05, 3.63) is 48.5 Å². The highest BCUT2D eigenvalue weighted by atomic mass is 15.1. The molecule has 3 heterocycles. The molecule has 0 aromatic carbocycles. The fourth-order valence-corrected chi connectivity index (χ4v) is 1.98. The molecule has 3 aromatic heterocycles. The largest absolute Gasteiger partial charge is 0.323 e. The van der Waals surface area contributed by atoms with E-state index in [0.29, 0.717) is 5.78 Å². The van der Waals surface area contributed by atoms with Gasteiger partial charge in [-0.05, 0) is 25.1 Å². The molecule has 90 valence electrons. The summed E-state index contributed by atoms with van der Waals surface area (Å²) in [5, 5.41) is 0. The van der Waals surface area contributed by atoms with E-state index in [1.165, 1.54) is 0 Å². The van der Waals surface area contributed by atoms with Crippen LogP contribution in [-0.4, -0.2) is 19.4 Å². The molecule has 3 aromatic rings. The quantitative estimate of drug-likeness (QED) is 0.740. The van der Waals surface area contributed by atoms with Crippen LogP contribution in [0.3, 0.4) is 0 Å². The lowest BCUT2D eigenvalue weighted by atomic mass is 10.1. The summed E-state index contributed by atoms with van der Waals surface area (Å²) in [6.07, 6.45) is 5.40. The monoisotopic (exact) mass is 239 g/mol. The zero-order valence-electron chi connectivity index (χ0n) is 9.99. The van der Waals surface area contributed by atoms with Crippen molar-refractivity contribution in [2.24, 2.45) is 5.73 Å². The summed E-state index contributed by atoms with van der Waals surface area (Å²) in [4.78, 5) is 13.1. The molecule has 0 spiro atoms. The minimum atomic E-state index is -0.163. The average molecular weight is 239 g/mol. The smallest absolute Gasteiger partial charge is 0.234 e. The number of aromatic nitrogens is 4. The Balaban J connectivity index is 2.35. The molecule has 5 nitrogen and oxygen atoms in total. The fourth-order valence-electron chi connectivity index (χ4n) is 1.98. The Morgan fingerprint density at radius 1 is 1.17 bits per heavy atom. The standard InChI is InChI=1S/C13H13N5/c1-9(14)11-12(10-5-2-3-6-15-10)18-8-4-7-16-13(18)17-11/h2-9H,14H2,1H3/t9-/m0/s1. The van der Waals surface area contributed by atoms with Crippen LogP contribution in [0.2, 0.25) is 0 Å². The fraction of sp³-hybridized carbons (Fsp3) is 0.154. The topological polar surface area (TPSA) is 69.1 Å². The summed E-state index contributed by atoms with van der Waals surface area (Å²) in [6, 6.07) is 7.48. The highest BCUT2D eigenvalue weighted by Crippen LogP contribution is 2.25. The predicted molar refractivity (Wildman–Crippen MR) is 68.8 cm³/mol. The Labute approximate surface area is 104 Å². The van der Waals surface area contributed by atoms with Crippen LogP contribution < -0.4 is 5.73 Å². The molecule has 0 aliphatic heterocycles. The SMILES string of the molecule is C[C@H](N)c1nc2ncccn2c1-c1ccccn1. The summed E-state index contributed by atoms with van der Waals surface area (Å²) >= 11 is 0. The first-order chi connectivity index (χ1) is 8.77. The van der Waals surface area contributed by atoms with Gasteiger partial charge in [0.2, 0.25) is 5.78 Å². The van der Waals surface area contributed by atoms with E-state index in [1.807, 2.05) is 41.8 Å². The molecule has 0 amide bonds. The van der Waals surface area contributed by atoms with Gasteiger partial charge in [0.1, 0.15) is 0 Å². The van der Waals surface area contributed by atoms with E-state index in [0.717, 1.165) is 17.1 Å². The Bertz CT molecular complexity index is 672. The van der Waals surface area contributed by atoms with Gasteiger partial charge in [-0.3, -0.25) is 9.38 Å². The molecule has 0 bridgehead atoms. The molecule has 0 radical (unpaired) electrons. The first-order valence-corrected chi connectivity index (χ1v) is 5.77. The number of rotatable bonds is 2. The van der Waals surface area contributed by atoms with E-state index in [2.05, 4.69) is 15.0 Å². The van der Waals surface area contributed by atoms with E-state index < -0.39 is 0 Å². The summed E-state index contributed by atoms with van der Waals surface area (Å²) < 4.78 is 1.92. The second-order valence-corrected chi connectivity index (χ2v) is 4.14. The van der Waals surface area contributed by atoms with Crippen LogP contribution in [0.4, 0.5) is 0 Å². The van der Waals surface area contributed by atoms with Crippen molar-refractivity contribution in [2.45, 2.75) is 13.0 Å². The lowest BCUT2D eigenvalue weighted by Crippen LogP contribution is -2.07. The van der Waals surface area contributed by atoms with Crippen LogP contribution in [-0.2, 0) is 0 Å². The van der Waals surface area contributed by atoms with Crippen LogP contribution in [0.5, 0.6) is 0 Å². The van der Waals surface area contributed by atoms with E-state index in [4.69, 9.17) is 5.73 Å². The second kappa shape index (κ2) is 4.19. The van der Waals surface area contributed by atoms with Crippen molar-refractivity contribution in [3.63, 3.8) is 0 Å². The van der Waals surface area contributed by atoms with Gasteiger partial charge < -0.3 is 5.73 Å². The van der Waals surface area contributed by atoms with Gasteiger partial charge in [0.15, 0.2) is 0 Å². The third-order valence-electron chi connectivity index (χ3n) is 2.77. The number of nitrogens with two attached hydrogens (primary N) is 1. The summed E-state index contributed by atoms with van der Waals surface area (Å²) in [7, 11) is 0. The first-order valence-electron chi connectivity index (χ1n) is 5.77. The number of fused-ring (bicyclic) bond motifs is 1. The van der Waals surface area contributed by atoms with Gasteiger partial charge in [0.05, 0.1) is 17.1 Å². The number of imidazole rings is 1. The van der Waals surface area contributed by atoms with Crippen molar-refractivity contribution < 1.29 is 0 Å². The summed E-state index contributed by atoms with van der Waals surface area (Å²) in [6.45, 7) is 1.91. The Kier molecular flexibility index (Phi) is 2.53. The molecule has 18 heavy (non-hydrogen) atoms. The molecule has 5 heteroatoms. The molecule has 2 N–H and O–H groups in total. The van der Waals surface area contributed by atoms with Crippen LogP contribution in [0, 0.1) is 0 Å². The molecular weight excluding hydrogens is 226 g/mol. The molecule has 0 unspecified atom stereocenters. The third kappa shape index (κ3) is 1.65. The maximum absolute atomic E-state index is 5.98. The number of pyridine rings is 1. The lowest BCUT2D eigenvalue weighted by molar-refractivity contribution is 0.791. The van der Waals surface area contributed by atoms with Crippen molar-refractivity contribution >= 4 is 5.78 Å². The molecule has 0 saturated heterocycles. The molecule has 0 aliphatic rings. The molecular formula is C13H13N5. The normalized spacial score (nSPS) is 12.8. The van der Waals surface area contributed by atoms with Gasteiger partial charge in [0, 0.05) is 24.6 Å². The van der Waals surface area contributed by atoms with E-state index in [1.54, 1.807) is 12.4 Å². The second-order valence-electron chi connectivity index (χ2n) is 4.14. The lowest BCUT2D eigenvalue weighted by Gasteiger charge is -2.06. The molecule has 0 saturated carbocycles. The molecule has 0 fully saturated rings. The van der Waals surface area contributed by atoms with E-state index in [9.17, 15) is 0 Å². The molecule has 0 aliphatic carbocycles. The van der Waals surface area contributed by atoms with Gasteiger partial charge in [-0.15, -0.1) is 0 Å². The minimum absolute atomic E-state index is 0.163. The van der Waals surface area contributed by atoms with Gasteiger partial charge in [-0.2, -0.15) is 0 Å². The predicted octanol–water partition coefficient (Wildman–Crippen LogP) is 1.81. The summed E-state index contributed by atoms with van der Waals surface area (Å²) in [5.41, 5.74) is 8.56. The third-order valence-corrected chi connectivity index (χ3v) is 2.77. The van der Waals surface area contributed by atoms with E-state index >= 15 is 0 Å². The van der Waals surface area contributed by atoms with Crippen LogP contribution in [0.15, 0.2) is 42.9 Å². The average Bonchev–Trinajstić information content (AvgIpc) is 2.79. The van der Waals surface area contributed by atoms with Crippen LogP contribution in [0.1, 0.15) is 18.7 Å². The highest BCUT2D eigenvalue weighted by molar-refractivity contribution is 5.63. The van der Waals surface area contributed by atoms with Crippen LogP contribution >= 0.6 is 0 Å². The van der Waals surface area contributed by atoms with Gasteiger partial charge in [-0.1, -0.05) is 6.07 Å². The number of hydrogen-bond donors (Lipinski definition) is 1. The Morgan fingerprint density at radius 3 is 2.72 bits per heavy atom. The zero-order valence-corrected chi connectivity index (χ0v) is 9.99. The molecule has 1 atom stereocenters. The van der Waals surface area contributed by atoms with Crippen molar-refractivity contribution in [1.29, 1.82) is 0 Å². The number of nitrogens with zero attached hydrogens (tertiary/aromatic N) is 4. The van der Waals surface area contributed by atoms with Crippen LogP contribution in [0.25, 0.3) is 17.2 Å². The Hall–Kier alpha value is -2.27. The maximum Gasteiger partial charge on any atom is 0.234 e. The van der Waals surface area contributed by atoms with Crippen molar-refractivity contribution in [1.82, 2.24) is 19.4 Å². The van der Waals surface area contributed by atoms with Crippen molar-refractivity contribution in [2.75, 3.05) is 0 Å². The van der Waals surface area contributed by atoms with E-state index in [-0.39, 0.29) is 6.04 Å². The molecule has 3 rings (SSSR count). The summed E-state index contributed by atoms with van der Waals surface area (Å²) in [5.74, 6) is 0.644. The van der Waals surface area contributed by atoms with Gasteiger partial charge >= 0.3 is 0 Å². The number of hydrogen-bond acceptors (Lipinski definition) is 4. The van der Waals surface area contributed by atoms with Gasteiger partial charge in [0.25, 0.3) is 0 Å². The first kappa shape index (κ1) is 10.9. The Morgan fingerprint density at radius 2 is 2.00 bits per heavy atom. The zero-order chi connectivity index (χ0) is 12.5. The maximum atomic E-state index is 5.98. The van der Waals surface area contributed by atoms with Crippen molar-refractivity contribution in [3.8, 4) is 11.4 Å².